The molecule has 0 radical (unpaired) electrons. The van der Waals surface area contributed by atoms with E-state index in [0.717, 1.165) is 25.7 Å². The smallest absolute Gasteiger partial charge is 0.162 e. The van der Waals surface area contributed by atoms with Crippen LogP contribution in [0.3, 0.4) is 0 Å². The number of hydrogen-bond acceptors (Lipinski definition) is 2. The molecule has 2 heteroatoms. The van der Waals surface area contributed by atoms with Crippen LogP contribution in [0.15, 0.2) is 0 Å². The first-order valence-electron chi connectivity index (χ1n) is 7.15. The van der Waals surface area contributed by atoms with Crippen molar-refractivity contribution < 1.29 is 10.2 Å². The van der Waals surface area contributed by atoms with Crippen molar-refractivity contribution in [3.8, 4) is 0 Å². The van der Waals surface area contributed by atoms with Crippen molar-refractivity contribution in [1.82, 2.24) is 0 Å². The Morgan fingerprint density at radius 2 is 0.688 bits per heavy atom. The quantitative estimate of drug-likeness (QED) is 0.620. The zero-order valence-electron chi connectivity index (χ0n) is 10.6. The van der Waals surface area contributed by atoms with Crippen molar-refractivity contribution in [2.75, 3.05) is 0 Å². The summed E-state index contributed by atoms with van der Waals surface area (Å²) in [5, 5.41) is 19.5. The fraction of sp³-hybridized carbons (Fsp3) is 1.00. The molecule has 1 rings (SSSR count). The van der Waals surface area contributed by atoms with Gasteiger partial charge in [0, 0.05) is 12.8 Å². The Morgan fingerprint density at radius 1 is 0.438 bits per heavy atom. The summed E-state index contributed by atoms with van der Waals surface area (Å²) in [6.07, 6.45) is 14.7. The van der Waals surface area contributed by atoms with Gasteiger partial charge >= 0.3 is 0 Å². The summed E-state index contributed by atoms with van der Waals surface area (Å²) in [5.74, 6) is -1.38. The summed E-state index contributed by atoms with van der Waals surface area (Å²) in [6, 6.07) is 0. The van der Waals surface area contributed by atoms with Crippen molar-refractivity contribution in [2.24, 2.45) is 0 Å². The van der Waals surface area contributed by atoms with Crippen molar-refractivity contribution in [2.45, 2.75) is 89.3 Å². The lowest BCUT2D eigenvalue weighted by molar-refractivity contribution is -0.172. The Hall–Kier alpha value is -0.0800. The molecule has 96 valence electrons. The van der Waals surface area contributed by atoms with Gasteiger partial charge in [0.05, 0.1) is 0 Å². The summed E-state index contributed by atoms with van der Waals surface area (Å²) in [4.78, 5) is 0. The highest BCUT2D eigenvalue weighted by atomic mass is 16.5. The maximum Gasteiger partial charge on any atom is 0.162 e. The molecule has 0 atom stereocenters. The standard InChI is InChI=1S/C14H28O2/c15-14(16)12-10-8-6-4-2-1-3-5-7-9-11-13-14/h15-16H,1-13H2. The van der Waals surface area contributed by atoms with Crippen LogP contribution in [-0.2, 0) is 0 Å². The highest BCUT2D eigenvalue weighted by Gasteiger charge is 2.21. The molecule has 0 bridgehead atoms. The van der Waals surface area contributed by atoms with Gasteiger partial charge in [-0.2, -0.15) is 0 Å². The van der Waals surface area contributed by atoms with Crippen LogP contribution in [-0.4, -0.2) is 16.0 Å². The van der Waals surface area contributed by atoms with E-state index < -0.39 is 5.79 Å². The minimum Gasteiger partial charge on any atom is -0.366 e. The van der Waals surface area contributed by atoms with Gasteiger partial charge in [-0.05, 0) is 12.8 Å². The third kappa shape index (κ3) is 7.24. The molecule has 1 saturated carbocycles. The monoisotopic (exact) mass is 228 g/mol. The average molecular weight is 228 g/mol. The molecule has 0 aromatic carbocycles. The molecule has 0 aliphatic heterocycles. The van der Waals surface area contributed by atoms with Gasteiger partial charge in [-0.25, -0.2) is 0 Å². The van der Waals surface area contributed by atoms with E-state index in [4.69, 9.17) is 0 Å². The molecule has 1 fully saturated rings. The first kappa shape index (κ1) is 14.0. The predicted octanol–water partition coefficient (Wildman–Crippen LogP) is 3.75. The normalized spacial score (nSPS) is 25.9. The topological polar surface area (TPSA) is 40.5 Å². The van der Waals surface area contributed by atoms with E-state index in [-0.39, 0.29) is 0 Å². The second-order valence-electron chi connectivity index (χ2n) is 5.37. The van der Waals surface area contributed by atoms with Crippen molar-refractivity contribution in [3.63, 3.8) is 0 Å². The first-order chi connectivity index (χ1) is 7.71. The van der Waals surface area contributed by atoms with Gasteiger partial charge in [0.2, 0.25) is 0 Å². The highest BCUT2D eigenvalue weighted by molar-refractivity contribution is 4.65. The van der Waals surface area contributed by atoms with Crippen LogP contribution in [0.1, 0.15) is 83.5 Å². The molecule has 2 N–H and O–H groups in total. The molecule has 0 unspecified atom stereocenters. The molecular weight excluding hydrogens is 200 g/mol. The highest BCUT2D eigenvalue weighted by Crippen LogP contribution is 2.21. The predicted molar refractivity (Wildman–Crippen MR) is 67.2 cm³/mol. The summed E-state index contributed by atoms with van der Waals surface area (Å²) >= 11 is 0. The average Bonchev–Trinajstić information content (AvgIpc) is 2.24. The number of rotatable bonds is 0. The van der Waals surface area contributed by atoms with Crippen LogP contribution in [0.4, 0.5) is 0 Å². The third-order valence-electron chi connectivity index (χ3n) is 3.65. The van der Waals surface area contributed by atoms with E-state index in [1.54, 1.807) is 0 Å². The molecule has 16 heavy (non-hydrogen) atoms. The van der Waals surface area contributed by atoms with Crippen LogP contribution in [0.2, 0.25) is 0 Å². The fourth-order valence-corrected chi connectivity index (χ4v) is 2.53. The molecule has 1 aliphatic rings. The van der Waals surface area contributed by atoms with Crippen LogP contribution in [0, 0.1) is 0 Å². The Kier molecular flexibility index (Phi) is 7.06. The Balaban J connectivity index is 2.22. The molecule has 0 heterocycles. The van der Waals surface area contributed by atoms with Crippen LogP contribution < -0.4 is 0 Å². The van der Waals surface area contributed by atoms with E-state index in [1.165, 1.54) is 44.9 Å². The summed E-state index contributed by atoms with van der Waals surface area (Å²) in [5.41, 5.74) is 0. The second-order valence-corrected chi connectivity index (χ2v) is 5.37. The molecule has 0 spiro atoms. The second kappa shape index (κ2) is 8.08. The van der Waals surface area contributed by atoms with Crippen molar-refractivity contribution in [3.05, 3.63) is 0 Å². The summed E-state index contributed by atoms with van der Waals surface area (Å²) in [7, 11) is 0. The number of aliphatic hydroxyl groups is 2. The van der Waals surface area contributed by atoms with E-state index in [0.29, 0.717) is 12.8 Å². The lowest BCUT2D eigenvalue weighted by Gasteiger charge is -2.21. The molecule has 1 aliphatic carbocycles. The molecule has 0 aromatic rings. The van der Waals surface area contributed by atoms with Gasteiger partial charge in [-0.15, -0.1) is 0 Å². The Bertz CT molecular complexity index is 150. The van der Waals surface area contributed by atoms with Crippen molar-refractivity contribution >= 4 is 0 Å². The lowest BCUT2D eigenvalue weighted by atomic mass is 9.98. The van der Waals surface area contributed by atoms with Gasteiger partial charge in [-0.3, -0.25) is 0 Å². The minimum atomic E-state index is -1.38. The van der Waals surface area contributed by atoms with E-state index >= 15 is 0 Å². The fourth-order valence-electron chi connectivity index (χ4n) is 2.53. The minimum absolute atomic E-state index is 0.562. The Morgan fingerprint density at radius 3 is 1.00 bits per heavy atom. The van der Waals surface area contributed by atoms with Gasteiger partial charge in [0.1, 0.15) is 0 Å². The van der Waals surface area contributed by atoms with Gasteiger partial charge < -0.3 is 10.2 Å². The zero-order valence-corrected chi connectivity index (χ0v) is 10.6. The maximum atomic E-state index is 9.74. The van der Waals surface area contributed by atoms with Crippen LogP contribution in [0.25, 0.3) is 0 Å². The van der Waals surface area contributed by atoms with Crippen LogP contribution in [0.5, 0.6) is 0 Å². The van der Waals surface area contributed by atoms with E-state index in [9.17, 15) is 10.2 Å². The third-order valence-corrected chi connectivity index (χ3v) is 3.65. The first-order valence-corrected chi connectivity index (χ1v) is 7.15. The summed E-state index contributed by atoms with van der Waals surface area (Å²) < 4.78 is 0. The lowest BCUT2D eigenvalue weighted by Crippen LogP contribution is -2.27. The van der Waals surface area contributed by atoms with E-state index in [2.05, 4.69) is 0 Å². The van der Waals surface area contributed by atoms with Gasteiger partial charge in [0.25, 0.3) is 0 Å². The zero-order chi connectivity index (χ0) is 11.7. The van der Waals surface area contributed by atoms with E-state index in [1.807, 2.05) is 0 Å². The molecule has 0 aromatic heterocycles. The largest absolute Gasteiger partial charge is 0.366 e. The maximum absolute atomic E-state index is 9.74. The van der Waals surface area contributed by atoms with Gasteiger partial charge in [-0.1, -0.05) is 57.8 Å². The summed E-state index contributed by atoms with van der Waals surface area (Å²) in [6.45, 7) is 0. The van der Waals surface area contributed by atoms with Crippen LogP contribution >= 0.6 is 0 Å². The molecular formula is C14H28O2. The van der Waals surface area contributed by atoms with Crippen molar-refractivity contribution in [1.29, 1.82) is 0 Å². The molecule has 2 nitrogen and oxygen atoms in total. The molecule has 0 amide bonds. The Labute approximate surface area is 100 Å². The molecule has 0 saturated heterocycles. The SMILES string of the molecule is OC1(O)CCCCCCCCCCCCC1. The van der Waals surface area contributed by atoms with Gasteiger partial charge in [0.15, 0.2) is 5.79 Å². The number of hydrogen-bond donors (Lipinski definition) is 2.